The van der Waals surface area contributed by atoms with Crippen LogP contribution in [0.4, 0.5) is 5.88 Å². The third-order valence-corrected chi connectivity index (χ3v) is 5.06. The molecule has 0 saturated heterocycles. The summed E-state index contributed by atoms with van der Waals surface area (Å²) in [6, 6.07) is 16.3. The summed E-state index contributed by atoms with van der Waals surface area (Å²) < 4.78 is 10.2. The van der Waals surface area contributed by atoms with Crippen molar-refractivity contribution in [1.82, 2.24) is 0 Å². The van der Waals surface area contributed by atoms with Crippen molar-refractivity contribution in [1.29, 1.82) is 0 Å². The number of ether oxygens (including phenoxy) is 1. The number of Topliss-reactive ketones (excluding diaryl/α,β-unsaturated/α-hetero) is 1. The lowest BCUT2D eigenvalue weighted by Crippen LogP contribution is -2.08. The molecule has 2 aromatic carbocycles. The van der Waals surface area contributed by atoms with Crippen LogP contribution >= 0.6 is 11.8 Å². The van der Waals surface area contributed by atoms with Gasteiger partial charge in [0.25, 0.3) is 0 Å². The molecule has 3 aromatic rings. The summed E-state index contributed by atoms with van der Waals surface area (Å²) in [6.07, 6.45) is 1.65. The molecule has 1 aliphatic heterocycles. The number of furan rings is 1. The lowest BCUT2D eigenvalue weighted by molar-refractivity contribution is -0.402. The number of carbonyl (C=O) groups excluding carboxylic acids is 2. The molecule has 0 amide bonds. The van der Waals surface area contributed by atoms with Gasteiger partial charge in [-0.3, -0.25) is 14.9 Å². The van der Waals surface area contributed by atoms with Crippen molar-refractivity contribution in [2.75, 3.05) is 0 Å². The molecule has 0 spiro atoms. The first-order valence-electron chi connectivity index (χ1n) is 8.11. The Morgan fingerprint density at radius 2 is 1.82 bits per heavy atom. The van der Waals surface area contributed by atoms with E-state index in [0.29, 0.717) is 16.0 Å². The van der Waals surface area contributed by atoms with Gasteiger partial charge in [0.15, 0.2) is 0 Å². The zero-order valence-electron chi connectivity index (χ0n) is 14.2. The van der Waals surface area contributed by atoms with Gasteiger partial charge in [0.05, 0.1) is 11.0 Å². The Morgan fingerprint density at radius 1 is 1.07 bits per heavy atom. The fraction of sp³-hybridized carbons (Fsp3) is 0. The second-order valence-corrected chi connectivity index (χ2v) is 6.84. The van der Waals surface area contributed by atoms with Crippen LogP contribution in [0.5, 0.6) is 5.75 Å². The summed E-state index contributed by atoms with van der Waals surface area (Å²) in [7, 11) is 0. The number of ketones is 1. The molecular formula is C20H11NO6S. The maximum absolute atomic E-state index is 12.5. The Labute approximate surface area is 162 Å². The quantitative estimate of drug-likeness (QED) is 0.208. The van der Waals surface area contributed by atoms with E-state index in [1.54, 1.807) is 42.5 Å². The van der Waals surface area contributed by atoms with Gasteiger partial charge in [-0.15, -0.1) is 0 Å². The molecule has 1 aromatic heterocycles. The van der Waals surface area contributed by atoms with Crippen molar-refractivity contribution in [3.05, 3.63) is 92.6 Å². The number of fused-ring (bicyclic) bond motifs is 1. The lowest BCUT2D eigenvalue weighted by Gasteiger charge is -2.06. The van der Waals surface area contributed by atoms with Crippen LogP contribution in [-0.4, -0.2) is 16.7 Å². The van der Waals surface area contributed by atoms with Crippen LogP contribution in [0.25, 0.3) is 6.08 Å². The smallest absolute Gasteiger partial charge is 0.420 e. The number of esters is 1. The number of carbonyl (C=O) groups is 2. The van der Waals surface area contributed by atoms with Crippen LogP contribution in [0.2, 0.25) is 0 Å². The van der Waals surface area contributed by atoms with Gasteiger partial charge in [0.2, 0.25) is 11.5 Å². The second kappa shape index (κ2) is 7.16. The Kier molecular flexibility index (Phi) is 4.54. The van der Waals surface area contributed by atoms with Gasteiger partial charge in [0, 0.05) is 16.0 Å². The summed E-state index contributed by atoms with van der Waals surface area (Å²) >= 11 is 1.35. The van der Waals surface area contributed by atoms with Gasteiger partial charge in [-0.1, -0.05) is 42.1 Å². The van der Waals surface area contributed by atoms with E-state index in [4.69, 9.17) is 9.15 Å². The maximum Gasteiger partial charge on any atom is 0.433 e. The molecule has 2 heterocycles. The molecule has 7 nitrogen and oxygen atoms in total. The summed E-state index contributed by atoms with van der Waals surface area (Å²) in [6.45, 7) is 0. The third-order valence-electron chi connectivity index (χ3n) is 3.96. The number of hydrogen-bond acceptors (Lipinski definition) is 7. The number of hydrogen-bond donors (Lipinski definition) is 0. The Balaban J connectivity index is 1.60. The molecule has 0 fully saturated rings. The van der Waals surface area contributed by atoms with E-state index in [1.807, 2.05) is 12.1 Å². The highest BCUT2D eigenvalue weighted by atomic mass is 32.2. The SMILES string of the molecule is O=C(Oc1ccccc1/C=C1\Sc2ccccc2C1=O)c1ccc([N+](=O)[O-])o1. The van der Waals surface area contributed by atoms with E-state index in [0.717, 1.165) is 11.0 Å². The molecular weight excluding hydrogens is 382 g/mol. The normalized spacial score (nSPS) is 14.1. The van der Waals surface area contributed by atoms with Crippen molar-refractivity contribution in [2.24, 2.45) is 0 Å². The Morgan fingerprint density at radius 3 is 2.57 bits per heavy atom. The van der Waals surface area contributed by atoms with Gasteiger partial charge in [-0.2, -0.15) is 0 Å². The van der Waals surface area contributed by atoms with Crippen LogP contribution in [0.15, 0.2) is 74.9 Å². The minimum Gasteiger partial charge on any atom is -0.420 e. The summed E-state index contributed by atoms with van der Waals surface area (Å²) in [4.78, 5) is 36.1. The number of thioether (sulfide) groups is 1. The molecule has 138 valence electrons. The molecule has 0 saturated carbocycles. The number of allylic oxidation sites excluding steroid dienone is 1. The van der Waals surface area contributed by atoms with Gasteiger partial charge in [-0.25, -0.2) is 4.79 Å². The minimum atomic E-state index is -0.868. The van der Waals surface area contributed by atoms with Gasteiger partial charge >= 0.3 is 11.9 Å². The number of nitro groups is 1. The van der Waals surface area contributed by atoms with E-state index < -0.39 is 16.8 Å². The molecule has 0 N–H and O–H groups in total. The first-order chi connectivity index (χ1) is 13.5. The monoisotopic (exact) mass is 393 g/mol. The van der Waals surface area contributed by atoms with Crippen LogP contribution in [0.3, 0.4) is 0 Å². The van der Waals surface area contributed by atoms with Gasteiger partial charge < -0.3 is 9.15 Å². The Bertz CT molecular complexity index is 1150. The van der Waals surface area contributed by atoms with E-state index >= 15 is 0 Å². The van der Waals surface area contributed by atoms with Crippen molar-refractivity contribution >= 4 is 35.5 Å². The first-order valence-corrected chi connectivity index (χ1v) is 8.93. The molecule has 1 aliphatic rings. The number of para-hydroxylation sites is 1. The minimum absolute atomic E-state index is 0.0941. The van der Waals surface area contributed by atoms with E-state index in [1.165, 1.54) is 17.8 Å². The summed E-state index contributed by atoms with van der Waals surface area (Å²) in [5.74, 6) is -1.58. The van der Waals surface area contributed by atoms with Crippen LogP contribution in [0, 0.1) is 10.1 Å². The highest BCUT2D eigenvalue weighted by Crippen LogP contribution is 2.41. The second-order valence-electron chi connectivity index (χ2n) is 5.76. The van der Waals surface area contributed by atoms with Gasteiger partial charge in [0.1, 0.15) is 10.7 Å². The topological polar surface area (TPSA) is 99.7 Å². The van der Waals surface area contributed by atoms with Crippen molar-refractivity contribution < 1.29 is 23.7 Å². The van der Waals surface area contributed by atoms with Crippen molar-refractivity contribution in [2.45, 2.75) is 4.90 Å². The molecule has 28 heavy (non-hydrogen) atoms. The van der Waals surface area contributed by atoms with Crippen LogP contribution in [-0.2, 0) is 0 Å². The summed E-state index contributed by atoms with van der Waals surface area (Å²) in [5.41, 5.74) is 1.16. The van der Waals surface area contributed by atoms with Crippen LogP contribution in [0.1, 0.15) is 26.5 Å². The average molecular weight is 393 g/mol. The van der Waals surface area contributed by atoms with E-state index in [2.05, 4.69) is 0 Å². The van der Waals surface area contributed by atoms with E-state index in [9.17, 15) is 19.7 Å². The first kappa shape index (κ1) is 17.7. The lowest BCUT2D eigenvalue weighted by atomic mass is 10.1. The molecule has 8 heteroatoms. The zero-order valence-corrected chi connectivity index (χ0v) is 15.0. The Hall–Kier alpha value is -3.65. The molecule has 0 aliphatic carbocycles. The fourth-order valence-corrected chi connectivity index (χ4v) is 3.70. The van der Waals surface area contributed by atoms with E-state index in [-0.39, 0.29) is 17.3 Å². The molecule has 4 rings (SSSR count). The predicted octanol–water partition coefficient (Wildman–Crippen LogP) is 4.74. The number of rotatable bonds is 4. The standard InChI is InChI=1S/C20H11NO6S/c22-19-13-6-2-4-8-16(13)28-17(19)11-12-5-1-3-7-14(12)27-20(23)15-9-10-18(26-15)21(24)25/h1-11H/b17-11-. The highest BCUT2D eigenvalue weighted by molar-refractivity contribution is 8.04. The molecule has 0 atom stereocenters. The molecule has 0 radical (unpaired) electrons. The molecule has 0 unspecified atom stereocenters. The fourth-order valence-electron chi connectivity index (χ4n) is 2.66. The molecule has 0 bridgehead atoms. The highest BCUT2D eigenvalue weighted by Gasteiger charge is 2.26. The number of benzene rings is 2. The number of nitrogens with zero attached hydrogens (tertiary/aromatic N) is 1. The average Bonchev–Trinajstić information content (AvgIpc) is 3.30. The zero-order chi connectivity index (χ0) is 19.7. The predicted molar refractivity (Wildman–Crippen MR) is 101 cm³/mol. The van der Waals surface area contributed by atoms with Crippen LogP contribution < -0.4 is 4.74 Å². The third kappa shape index (κ3) is 3.33. The summed E-state index contributed by atoms with van der Waals surface area (Å²) in [5, 5.41) is 10.7. The van der Waals surface area contributed by atoms with Crippen molar-refractivity contribution in [3.8, 4) is 5.75 Å². The largest absolute Gasteiger partial charge is 0.433 e. The maximum atomic E-state index is 12.5. The van der Waals surface area contributed by atoms with Crippen molar-refractivity contribution in [3.63, 3.8) is 0 Å². The van der Waals surface area contributed by atoms with Gasteiger partial charge in [-0.05, 0) is 30.3 Å².